The Kier molecular flexibility index (Phi) is 7.57. The molecule has 1 aromatic carbocycles. The maximum atomic E-state index is 5.82. The molecule has 1 heterocycles. The van der Waals surface area contributed by atoms with Gasteiger partial charge in [0.15, 0.2) is 0 Å². The number of hydrogen-bond donors (Lipinski definition) is 0. The predicted octanol–water partition coefficient (Wildman–Crippen LogP) is 3.82. The molecule has 0 saturated heterocycles. The Morgan fingerprint density at radius 2 is 1.35 bits per heavy atom. The van der Waals surface area contributed by atoms with E-state index in [1.54, 1.807) is 24.8 Å². The number of benzene rings is 1. The second kappa shape index (κ2) is 9.98. The first-order chi connectivity index (χ1) is 11.3. The van der Waals surface area contributed by atoms with Crippen molar-refractivity contribution in [2.45, 2.75) is 0 Å². The number of alkyl halides is 2. The molecule has 0 N–H and O–H groups in total. The standard InChI is InChI=1S/C17H18Cl2N4/c18-7-11-23(12-8-19)17-3-1-15(2-4-17)13-21-22-14-16-5-9-20-10-6-16/h1-6,9-10,13-14H,7-8,11-12H2/b21-13?,22-14+. The molecule has 6 heteroatoms. The van der Waals surface area contributed by atoms with Crippen LogP contribution in [0.1, 0.15) is 11.1 Å². The zero-order valence-corrected chi connectivity index (χ0v) is 14.2. The van der Waals surface area contributed by atoms with E-state index in [0.717, 1.165) is 29.9 Å². The van der Waals surface area contributed by atoms with Crippen molar-refractivity contribution in [3.63, 3.8) is 0 Å². The molecule has 0 radical (unpaired) electrons. The van der Waals surface area contributed by atoms with Crippen LogP contribution in [0.5, 0.6) is 0 Å². The van der Waals surface area contributed by atoms with Crippen molar-refractivity contribution < 1.29 is 0 Å². The number of halogens is 2. The zero-order chi connectivity index (χ0) is 16.3. The van der Waals surface area contributed by atoms with Crippen molar-refractivity contribution in [2.75, 3.05) is 29.7 Å². The van der Waals surface area contributed by atoms with Crippen LogP contribution in [-0.4, -0.2) is 42.3 Å². The molecule has 1 aromatic heterocycles. The molecule has 0 atom stereocenters. The topological polar surface area (TPSA) is 40.9 Å². The lowest BCUT2D eigenvalue weighted by atomic mass is 10.2. The summed E-state index contributed by atoms with van der Waals surface area (Å²) in [6.07, 6.45) is 6.85. The van der Waals surface area contributed by atoms with Crippen molar-refractivity contribution in [3.05, 3.63) is 59.9 Å². The highest BCUT2D eigenvalue weighted by Crippen LogP contribution is 2.15. The first-order valence-electron chi connectivity index (χ1n) is 7.27. The molecule has 0 aliphatic carbocycles. The zero-order valence-electron chi connectivity index (χ0n) is 12.6. The van der Waals surface area contributed by atoms with E-state index < -0.39 is 0 Å². The Morgan fingerprint density at radius 3 is 1.87 bits per heavy atom. The number of rotatable bonds is 8. The van der Waals surface area contributed by atoms with Crippen LogP contribution in [0.3, 0.4) is 0 Å². The smallest absolute Gasteiger partial charge is 0.0569 e. The maximum absolute atomic E-state index is 5.82. The highest BCUT2D eigenvalue weighted by Gasteiger charge is 2.04. The number of nitrogens with zero attached hydrogens (tertiary/aromatic N) is 4. The molecule has 4 nitrogen and oxygen atoms in total. The van der Waals surface area contributed by atoms with Gasteiger partial charge in [-0.1, -0.05) is 12.1 Å². The van der Waals surface area contributed by atoms with Crippen molar-refractivity contribution in [1.29, 1.82) is 0 Å². The van der Waals surface area contributed by atoms with Crippen LogP contribution in [0.25, 0.3) is 0 Å². The minimum atomic E-state index is 0.573. The second-order valence-electron chi connectivity index (χ2n) is 4.73. The Balaban J connectivity index is 1.96. The van der Waals surface area contributed by atoms with Crippen molar-refractivity contribution in [1.82, 2.24) is 4.98 Å². The van der Waals surface area contributed by atoms with E-state index in [4.69, 9.17) is 23.2 Å². The summed E-state index contributed by atoms with van der Waals surface area (Å²) in [6, 6.07) is 11.8. The van der Waals surface area contributed by atoms with Crippen molar-refractivity contribution in [3.8, 4) is 0 Å². The highest BCUT2D eigenvalue weighted by atomic mass is 35.5. The molecule has 23 heavy (non-hydrogen) atoms. The Labute approximate surface area is 146 Å². The van der Waals surface area contributed by atoms with Crippen LogP contribution >= 0.6 is 23.2 Å². The van der Waals surface area contributed by atoms with E-state index in [-0.39, 0.29) is 0 Å². The quantitative estimate of drug-likeness (QED) is 0.413. The van der Waals surface area contributed by atoms with Crippen LogP contribution in [0.4, 0.5) is 5.69 Å². The summed E-state index contributed by atoms with van der Waals surface area (Å²) in [5.74, 6) is 1.15. The lowest BCUT2D eigenvalue weighted by Crippen LogP contribution is -2.27. The number of aromatic nitrogens is 1. The second-order valence-corrected chi connectivity index (χ2v) is 5.48. The summed E-state index contributed by atoms with van der Waals surface area (Å²) in [5.41, 5.74) is 3.05. The third-order valence-corrected chi connectivity index (χ3v) is 3.49. The van der Waals surface area contributed by atoms with E-state index in [1.807, 2.05) is 36.4 Å². The van der Waals surface area contributed by atoms with Gasteiger partial charge in [0.2, 0.25) is 0 Å². The van der Waals surface area contributed by atoms with Gasteiger partial charge in [-0.05, 0) is 35.4 Å². The Hall–Kier alpha value is -1.91. The van der Waals surface area contributed by atoms with Gasteiger partial charge in [0, 0.05) is 42.9 Å². The van der Waals surface area contributed by atoms with Crippen LogP contribution in [0, 0.1) is 0 Å². The summed E-state index contributed by atoms with van der Waals surface area (Å²) >= 11 is 11.6. The van der Waals surface area contributed by atoms with Gasteiger partial charge < -0.3 is 4.90 Å². The van der Waals surface area contributed by atoms with Gasteiger partial charge in [-0.25, -0.2) is 0 Å². The van der Waals surface area contributed by atoms with Crippen LogP contribution < -0.4 is 4.90 Å². The molecule has 0 amide bonds. The van der Waals surface area contributed by atoms with Crippen molar-refractivity contribution >= 4 is 41.3 Å². The predicted molar refractivity (Wildman–Crippen MR) is 99.5 cm³/mol. The SMILES string of the molecule is ClCCN(CCCl)c1ccc(C=N/N=C/c2ccncc2)cc1. The van der Waals surface area contributed by atoms with Gasteiger partial charge in [0.05, 0.1) is 12.4 Å². The first kappa shape index (κ1) is 17.4. The van der Waals surface area contributed by atoms with E-state index in [1.165, 1.54) is 0 Å². The van der Waals surface area contributed by atoms with Crippen LogP contribution in [0.2, 0.25) is 0 Å². The van der Waals surface area contributed by atoms with Crippen molar-refractivity contribution in [2.24, 2.45) is 10.2 Å². The minimum absolute atomic E-state index is 0.573. The van der Waals surface area contributed by atoms with Gasteiger partial charge >= 0.3 is 0 Å². The van der Waals surface area contributed by atoms with Crippen LogP contribution in [0.15, 0.2) is 59.0 Å². The number of hydrogen-bond acceptors (Lipinski definition) is 4. The lowest BCUT2D eigenvalue weighted by molar-refractivity contribution is 0.874. The molecule has 0 aliphatic heterocycles. The highest BCUT2D eigenvalue weighted by molar-refractivity contribution is 6.18. The fourth-order valence-electron chi connectivity index (χ4n) is 1.99. The molecule has 2 aromatic rings. The van der Waals surface area contributed by atoms with Gasteiger partial charge in [-0.15, -0.1) is 23.2 Å². The number of anilines is 1. The average Bonchev–Trinajstić information content (AvgIpc) is 2.60. The summed E-state index contributed by atoms with van der Waals surface area (Å²) in [7, 11) is 0. The molecule has 0 unspecified atom stereocenters. The summed E-state index contributed by atoms with van der Waals surface area (Å²) < 4.78 is 0. The fraction of sp³-hybridized carbons (Fsp3) is 0.235. The van der Waals surface area contributed by atoms with Gasteiger partial charge in [-0.2, -0.15) is 10.2 Å². The Bertz CT molecular complexity index is 621. The van der Waals surface area contributed by atoms with Gasteiger partial charge in [0.25, 0.3) is 0 Å². The maximum Gasteiger partial charge on any atom is 0.0569 e. The third-order valence-electron chi connectivity index (χ3n) is 3.15. The fourth-order valence-corrected chi connectivity index (χ4v) is 2.40. The van der Waals surface area contributed by atoms with Gasteiger partial charge in [0.1, 0.15) is 0 Å². The molecule has 0 aliphatic rings. The molecule has 0 fully saturated rings. The number of pyridine rings is 1. The van der Waals surface area contributed by atoms with Gasteiger partial charge in [-0.3, -0.25) is 4.98 Å². The Morgan fingerprint density at radius 1 is 0.826 bits per heavy atom. The molecular formula is C17H18Cl2N4. The normalized spacial score (nSPS) is 11.4. The molecule has 0 spiro atoms. The van der Waals surface area contributed by atoms with E-state index >= 15 is 0 Å². The summed E-state index contributed by atoms with van der Waals surface area (Å²) in [6.45, 7) is 1.55. The molecule has 0 bridgehead atoms. The molecular weight excluding hydrogens is 331 g/mol. The minimum Gasteiger partial charge on any atom is -0.369 e. The first-order valence-corrected chi connectivity index (χ1v) is 8.34. The van der Waals surface area contributed by atoms with E-state index in [9.17, 15) is 0 Å². The summed E-state index contributed by atoms with van der Waals surface area (Å²) in [5, 5.41) is 8.08. The van der Waals surface area contributed by atoms with Crippen LogP contribution in [-0.2, 0) is 0 Å². The largest absolute Gasteiger partial charge is 0.369 e. The monoisotopic (exact) mass is 348 g/mol. The average molecular weight is 349 g/mol. The third kappa shape index (κ3) is 6.00. The molecule has 0 saturated carbocycles. The summed E-state index contributed by atoms with van der Waals surface area (Å²) in [4.78, 5) is 6.10. The van der Waals surface area contributed by atoms with E-state index in [2.05, 4.69) is 20.1 Å². The van der Waals surface area contributed by atoms with E-state index in [0.29, 0.717) is 11.8 Å². The lowest BCUT2D eigenvalue weighted by Gasteiger charge is -2.22. The molecule has 120 valence electrons. The molecule has 2 rings (SSSR count).